The number of nitrogens with two attached hydrogens (primary N) is 1. The van der Waals surface area contributed by atoms with E-state index in [1.807, 2.05) is 13.0 Å². The van der Waals surface area contributed by atoms with Gasteiger partial charge in [-0.25, -0.2) is 4.39 Å². The van der Waals surface area contributed by atoms with Crippen molar-refractivity contribution in [1.82, 2.24) is 0 Å². The summed E-state index contributed by atoms with van der Waals surface area (Å²) >= 11 is 0. The molecule has 3 heteroatoms. The van der Waals surface area contributed by atoms with E-state index in [1.165, 1.54) is 0 Å². The summed E-state index contributed by atoms with van der Waals surface area (Å²) in [4.78, 5) is 2.26. The fourth-order valence-corrected chi connectivity index (χ4v) is 2.04. The van der Waals surface area contributed by atoms with E-state index in [9.17, 15) is 4.39 Å². The van der Waals surface area contributed by atoms with Crippen LogP contribution in [0.25, 0.3) is 0 Å². The van der Waals surface area contributed by atoms with E-state index < -0.39 is 0 Å². The van der Waals surface area contributed by atoms with Crippen LogP contribution in [-0.2, 0) is 0 Å². The molecule has 0 saturated carbocycles. The number of hydrogen-bond donors (Lipinski definition) is 1. The summed E-state index contributed by atoms with van der Waals surface area (Å²) in [5, 5.41) is 0. The Bertz CT molecular complexity index is 375. The molecule has 2 N–H and O–H groups in total. The van der Waals surface area contributed by atoms with Gasteiger partial charge in [0.15, 0.2) is 0 Å². The molecule has 96 valence electrons. The summed E-state index contributed by atoms with van der Waals surface area (Å²) in [5.74, 6) is -0.173. The predicted octanol–water partition coefficient (Wildman–Crippen LogP) is 3.39. The highest BCUT2D eigenvalue weighted by Crippen LogP contribution is 2.28. The Morgan fingerprint density at radius 3 is 2.47 bits per heavy atom. The Kier molecular flexibility index (Phi) is 4.94. The molecule has 0 bridgehead atoms. The molecule has 0 unspecified atom stereocenters. The van der Waals surface area contributed by atoms with Crippen LogP contribution in [0.15, 0.2) is 12.1 Å². The molecule has 0 fully saturated rings. The maximum absolute atomic E-state index is 13.6. The lowest BCUT2D eigenvalue weighted by molar-refractivity contribution is 0.612. The molecule has 1 rings (SSSR count). The lowest BCUT2D eigenvalue weighted by Crippen LogP contribution is -2.26. The molecule has 0 aliphatic heterocycles. The first-order chi connectivity index (χ1) is 8.01. The molecule has 0 amide bonds. The third kappa shape index (κ3) is 3.19. The van der Waals surface area contributed by atoms with Gasteiger partial charge in [-0.05, 0) is 50.5 Å². The summed E-state index contributed by atoms with van der Waals surface area (Å²) in [6.45, 7) is 9.83. The molecule has 0 aliphatic carbocycles. The molecule has 1 aromatic rings. The molecule has 2 nitrogen and oxygen atoms in total. The second kappa shape index (κ2) is 6.01. The van der Waals surface area contributed by atoms with Gasteiger partial charge in [-0.15, -0.1) is 0 Å². The standard InChI is InChI=1S/C14H23FN2/c1-5-7-17(6-2)14-8-10(3)13(15)9-12(14)11(4)16/h8-9,11H,5-7,16H2,1-4H3/t11-/m0/s1. The van der Waals surface area contributed by atoms with Crippen molar-refractivity contribution in [1.29, 1.82) is 0 Å². The number of hydrogen-bond acceptors (Lipinski definition) is 2. The van der Waals surface area contributed by atoms with Crippen LogP contribution in [0.1, 0.15) is 44.4 Å². The molecule has 0 radical (unpaired) electrons. The fraction of sp³-hybridized carbons (Fsp3) is 0.571. The number of nitrogens with zero attached hydrogens (tertiary/aromatic N) is 1. The summed E-state index contributed by atoms with van der Waals surface area (Å²) in [6.07, 6.45) is 1.07. The quantitative estimate of drug-likeness (QED) is 0.852. The van der Waals surface area contributed by atoms with Gasteiger partial charge in [0.25, 0.3) is 0 Å². The molecule has 0 spiro atoms. The highest BCUT2D eigenvalue weighted by atomic mass is 19.1. The lowest BCUT2D eigenvalue weighted by atomic mass is 10.0. The van der Waals surface area contributed by atoms with E-state index in [1.54, 1.807) is 13.0 Å². The number of benzene rings is 1. The third-order valence-corrected chi connectivity index (χ3v) is 3.01. The van der Waals surface area contributed by atoms with E-state index in [-0.39, 0.29) is 11.9 Å². The monoisotopic (exact) mass is 238 g/mol. The molecule has 1 atom stereocenters. The fourth-order valence-electron chi connectivity index (χ4n) is 2.04. The Hall–Kier alpha value is -1.09. The maximum atomic E-state index is 13.6. The van der Waals surface area contributed by atoms with Crippen LogP contribution >= 0.6 is 0 Å². The zero-order valence-electron chi connectivity index (χ0n) is 11.3. The van der Waals surface area contributed by atoms with Crippen molar-refractivity contribution < 1.29 is 4.39 Å². The third-order valence-electron chi connectivity index (χ3n) is 3.01. The molecule has 1 aromatic carbocycles. The van der Waals surface area contributed by atoms with E-state index in [4.69, 9.17) is 5.73 Å². The molecule has 0 heterocycles. The Balaban J connectivity index is 3.23. The van der Waals surface area contributed by atoms with E-state index in [0.717, 1.165) is 30.8 Å². The van der Waals surface area contributed by atoms with Crippen LogP contribution in [0.5, 0.6) is 0 Å². The Morgan fingerprint density at radius 2 is 2.00 bits per heavy atom. The van der Waals surface area contributed by atoms with Crippen molar-refractivity contribution in [3.8, 4) is 0 Å². The second-order valence-electron chi connectivity index (χ2n) is 4.53. The van der Waals surface area contributed by atoms with Gasteiger partial charge in [-0.3, -0.25) is 0 Å². The van der Waals surface area contributed by atoms with Gasteiger partial charge in [-0.1, -0.05) is 6.92 Å². The topological polar surface area (TPSA) is 29.3 Å². The maximum Gasteiger partial charge on any atom is 0.126 e. The predicted molar refractivity (Wildman–Crippen MR) is 71.9 cm³/mol. The van der Waals surface area contributed by atoms with Gasteiger partial charge in [0.05, 0.1) is 0 Å². The van der Waals surface area contributed by atoms with Crippen molar-refractivity contribution in [3.63, 3.8) is 0 Å². The summed E-state index contributed by atoms with van der Waals surface area (Å²) in [6, 6.07) is 3.34. The smallest absolute Gasteiger partial charge is 0.126 e. The molecule has 17 heavy (non-hydrogen) atoms. The first-order valence-corrected chi connectivity index (χ1v) is 6.31. The largest absolute Gasteiger partial charge is 0.372 e. The van der Waals surface area contributed by atoms with Crippen molar-refractivity contribution in [2.75, 3.05) is 18.0 Å². The minimum atomic E-state index is -0.173. The average Bonchev–Trinajstić information content (AvgIpc) is 2.29. The van der Waals surface area contributed by atoms with Gasteiger partial charge >= 0.3 is 0 Å². The van der Waals surface area contributed by atoms with Crippen molar-refractivity contribution in [2.24, 2.45) is 5.73 Å². The first-order valence-electron chi connectivity index (χ1n) is 6.31. The lowest BCUT2D eigenvalue weighted by Gasteiger charge is -2.27. The van der Waals surface area contributed by atoms with Crippen molar-refractivity contribution in [2.45, 2.75) is 40.2 Å². The molecular weight excluding hydrogens is 215 g/mol. The highest BCUT2D eigenvalue weighted by Gasteiger charge is 2.14. The number of aryl methyl sites for hydroxylation is 1. The van der Waals surface area contributed by atoms with E-state index >= 15 is 0 Å². The van der Waals surface area contributed by atoms with E-state index in [2.05, 4.69) is 18.7 Å². The molecule has 0 aromatic heterocycles. The van der Waals surface area contributed by atoms with Gasteiger partial charge in [0, 0.05) is 24.8 Å². The van der Waals surface area contributed by atoms with Gasteiger partial charge in [0.1, 0.15) is 5.82 Å². The highest BCUT2D eigenvalue weighted by molar-refractivity contribution is 5.57. The van der Waals surface area contributed by atoms with Crippen molar-refractivity contribution in [3.05, 3.63) is 29.1 Å². The molecule has 0 saturated heterocycles. The van der Waals surface area contributed by atoms with Crippen molar-refractivity contribution >= 4 is 5.69 Å². The van der Waals surface area contributed by atoms with Gasteiger partial charge in [0.2, 0.25) is 0 Å². The number of anilines is 1. The van der Waals surface area contributed by atoms with Gasteiger partial charge < -0.3 is 10.6 Å². The van der Waals surface area contributed by atoms with E-state index in [0.29, 0.717) is 5.56 Å². The van der Waals surface area contributed by atoms with Crippen LogP contribution in [0.2, 0.25) is 0 Å². The van der Waals surface area contributed by atoms with Crippen LogP contribution in [0, 0.1) is 12.7 Å². The number of halogens is 1. The minimum absolute atomic E-state index is 0.147. The van der Waals surface area contributed by atoms with Crippen LogP contribution in [0.3, 0.4) is 0 Å². The average molecular weight is 238 g/mol. The summed E-state index contributed by atoms with van der Waals surface area (Å²) in [7, 11) is 0. The van der Waals surface area contributed by atoms with Crippen LogP contribution < -0.4 is 10.6 Å². The molecule has 0 aliphatic rings. The van der Waals surface area contributed by atoms with Crippen LogP contribution in [-0.4, -0.2) is 13.1 Å². The zero-order valence-corrected chi connectivity index (χ0v) is 11.3. The summed E-state index contributed by atoms with van der Waals surface area (Å²) in [5.41, 5.74) is 8.57. The Labute approximate surface area is 104 Å². The zero-order chi connectivity index (χ0) is 13.0. The molecular formula is C14H23FN2. The minimum Gasteiger partial charge on any atom is -0.372 e. The van der Waals surface area contributed by atoms with Gasteiger partial charge in [-0.2, -0.15) is 0 Å². The summed E-state index contributed by atoms with van der Waals surface area (Å²) < 4.78 is 13.6. The number of rotatable bonds is 5. The SMILES string of the molecule is CCCN(CC)c1cc(C)c(F)cc1[C@H](C)N. The normalized spacial score (nSPS) is 12.6. The first kappa shape index (κ1) is 14.0. The second-order valence-corrected chi connectivity index (χ2v) is 4.53. The Morgan fingerprint density at radius 1 is 1.35 bits per heavy atom. The van der Waals surface area contributed by atoms with Crippen LogP contribution in [0.4, 0.5) is 10.1 Å².